The third-order valence-electron chi connectivity index (χ3n) is 8.51. The molecule has 0 N–H and O–H groups in total. The molecule has 0 aliphatic heterocycles. The van der Waals surface area contributed by atoms with Gasteiger partial charge in [-0.25, -0.2) is 0 Å². The van der Waals surface area contributed by atoms with Gasteiger partial charge in [0.15, 0.2) is 0 Å². The van der Waals surface area contributed by atoms with E-state index >= 15 is 0 Å². The van der Waals surface area contributed by atoms with Crippen molar-refractivity contribution in [3.8, 4) is 11.1 Å². The Bertz CT molecular complexity index is 2260. The van der Waals surface area contributed by atoms with Gasteiger partial charge in [0.1, 0.15) is 0 Å². The Balaban J connectivity index is 1.44. The van der Waals surface area contributed by atoms with Crippen LogP contribution in [0.5, 0.6) is 0 Å². The van der Waals surface area contributed by atoms with Crippen LogP contribution < -0.4 is 15.9 Å². The molecule has 0 fully saturated rings. The van der Waals surface area contributed by atoms with Gasteiger partial charge in [-0.2, -0.15) is 0 Å². The Morgan fingerprint density at radius 3 is 1.38 bits per heavy atom. The van der Waals surface area contributed by atoms with Crippen LogP contribution in [0.25, 0.3) is 54.2 Å². The quantitative estimate of drug-likeness (QED) is 0.115. The number of hydrogen-bond acceptors (Lipinski definition) is 1. The molecule has 0 amide bonds. The Morgan fingerprint density at radius 2 is 0.786 bits per heavy atom. The number of rotatable bonds is 4. The summed E-state index contributed by atoms with van der Waals surface area (Å²) in [6, 6.07) is 57.1. The van der Waals surface area contributed by atoms with Gasteiger partial charge in [-0.3, -0.25) is 0 Å². The van der Waals surface area contributed by atoms with Crippen LogP contribution in [-0.2, 0) is 11.8 Å². The molecule has 0 saturated heterocycles. The highest BCUT2D eigenvalue weighted by atomic mass is 32.4. The van der Waals surface area contributed by atoms with Gasteiger partial charge < -0.3 is 0 Å². The topological polar surface area (TPSA) is 0 Å². The van der Waals surface area contributed by atoms with Gasteiger partial charge in [0.2, 0.25) is 0 Å². The van der Waals surface area contributed by atoms with Crippen molar-refractivity contribution in [1.82, 2.24) is 0 Å². The first-order valence-electron chi connectivity index (χ1n) is 14.3. The Kier molecular flexibility index (Phi) is 6.04. The minimum atomic E-state index is -2.22. The molecule has 0 unspecified atom stereocenters. The number of fused-ring (bicyclic) bond motifs is 7. The fourth-order valence-corrected chi connectivity index (χ4v) is 10.3. The van der Waals surface area contributed by atoms with Crippen LogP contribution in [0.4, 0.5) is 0 Å². The predicted molar refractivity (Wildman–Crippen MR) is 188 cm³/mol. The van der Waals surface area contributed by atoms with Crippen molar-refractivity contribution in [2.75, 3.05) is 0 Å². The van der Waals surface area contributed by atoms with Crippen LogP contribution in [0.3, 0.4) is 0 Å². The normalized spacial score (nSPS) is 11.9. The van der Waals surface area contributed by atoms with E-state index in [0.717, 1.165) is 0 Å². The summed E-state index contributed by atoms with van der Waals surface area (Å²) in [7, 11) is 0. The van der Waals surface area contributed by atoms with Gasteiger partial charge in [-0.15, -0.1) is 0 Å². The molecule has 0 atom stereocenters. The highest BCUT2D eigenvalue weighted by molar-refractivity contribution is 8.25. The number of hydrogen-bond donors (Lipinski definition) is 0. The van der Waals surface area contributed by atoms with E-state index in [0.29, 0.717) is 0 Å². The molecule has 8 rings (SSSR count). The largest absolute Gasteiger partial charge is 0.0826 e. The zero-order chi connectivity index (χ0) is 28.1. The van der Waals surface area contributed by atoms with Gasteiger partial charge in [0.25, 0.3) is 0 Å². The first kappa shape index (κ1) is 25.2. The van der Waals surface area contributed by atoms with Crippen molar-refractivity contribution in [1.29, 1.82) is 0 Å². The molecular weight excluding hydrogens is 543 g/mol. The molecular formula is C40H27PS. The van der Waals surface area contributed by atoms with Gasteiger partial charge in [-0.05, 0) is 76.2 Å². The maximum Gasteiger partial charge on any atom is 0.0379 e. The summed E-state index contributed by atoms with van der Waals surface area (Å²) in [5, 5.41) is 13.9. The molecule has 0 saturated carbocycles. The highest BCUT2D eigenvalue weighted by Crippen LogP contribution is 2.46. The van der Waals surface area contributed by atoms with E-state index in [-0.39, 0.29) is 0 Å². The lowest BCUT2D eigenvalue weighted by atomic mass is 9.86. The van der Waals surface area contributed by atoms with E-state index in [2.05, 4.69) is 164 Å². The van der Waals surface area contributed by atoms with E-state index in [9.17, 15) is 0 Å². The first-order valence-corrected chi connectivity index (χ1v) is 17.1. The zero-order valence-corrected chi connectivity index (χ0v) is 24.7. The highest BCUT2D eigenvalue weighted by Gasteiger charge is 2.25. The van der Waals surface area contributed by atoms with Crippen LogP contribution in [0.2, 0.25) is 0 Å². The van der Waals surface area contributed by atoms with E-state index in [1.165, 1.54) is 70.1 Å². The first-order chi connectivity index (χ1) is 20.7. The SMILES string of the molecule is S=P(c1ccccc1)(c1ccccc1)c1ccc(-c2c3ccccc3cc3c4ccccc4c4ccccc4c23)cc1. The molecule has 42 heavy (non-hydrogen) atoms. The van der Waals surface area contributed by atoms with Crippen LogP contribution >= 0.6 is 6.04 Å². The molecule has 0 spiro atoms. The Morgan fingerprint density at radius 1 is 0.357 bits per heavy atom. The van der Waals surface area contributed by atoms with Crippen molar-refractivity contribution in [3.05, 3.63) is 164 Å². The van der Waals surface area contributed by atoms with E-state index in [4.69, 9.17) is 11.8 Å². The number of benzene rings is 8. The smallest absolute Gasteiger partial charge is 0.0379 e. The second kappa shape index (κ2) is 10.1. The fraction of sp³-hybridized carbons (Fsp3) is 0. The summed E-state index contributed by atoms with van der Waals surface area (Å²) in [5.41, 5.74) is 2.49. The summed E-state index contributed by atoms with van der Waals surface area (Å²) in [4.78, 5) is 0. The lowest BCUT2D eigenvalue weighted by molar-refractivity contribution is 1.70. The summed E-state index contributed by atoms with van der Waals surface area (Å²) in [6.45, 7) is 0. The molecule has 198 valence electrons. The van der Waals surface area contributed by atoms with Crippen LogP contribution in [-0.4, -0.2) is 0 Å². The predicted octanol–water partition coefficient (Wildman–Crippen LogP) is 9.72. The monoisotopic (exact) mass is 570 g/mol. The van der Waals surface area contributed by atoms with Gasteiger partial charge in [-0.1, -0.05) is 170 Å². The molecule has 0 nitrogen and oxygen atoms in total. The maximum atomic E-state index is 6.64. The van der Waals surface area contributed by atoms with E-state index < -0.39 is 6.04 Å². The maximum absolute atomic E-state index is 6.64. The van der Waals surface area contributed by atoms with Crippen LogP contribution in [0.15, 0.2) is 164 Å². The van der Waals surface area contributed by atoms with Crippen molar-refractivity contribution in [2.45, 2.75) is 0 Å². The molecule has 0 aromatic heterocycles. The lowest BCUT2D eigenvalue weighted by Crippen LogP contribution is -2.24. The molecule has 8 aromatic rings. The Labute approximate surface area is 250 Å². The summed E-state index contributed by atoms with van der Waals surface area (Å²) < 4.78 is 0. The van der Waals surface area contributed by atoms with Crippen molar-refractivity contribution >= 4 is 76.8 Å². The van der Waals surface area contributed by atoms with E-state index in [1.54, 1.807) is 0 Å². The standard InChI is InChI=1S/C40H27PS/c42-41(30-14-3-1-4-15-30,31-16-5-2-6-17-31)32-25-23-28(24-26-32)39-33-18-8-7-13-29(33)27-38-36-21-10-9-19-34(36)35-20-11-12-22-37(35)40(38)39/h1-27H. The zero-order valence-electron chi connectivity index (χ0n) is 22.9. The van der Waals surface area contributed by atoms with Gasteiger partial charge in [0, 0.05) is 6.04 Å². The third kappa shape index (κ3) is 3.86. The van der Waals surface area contributed by atoms with Crippen molar-refractivity contribution in [2.24, 2.45) is 0 Å². The van der Waals surface area contributed by atoms with Gasteiger partial charge >= 0.3 is 0 Å². The molecule has 0 aliphatic rings. The molecule has 0 heterocycles. The van der Waals surface area contributed by atoms with Crippen molar-refractivity contribution in [3.63, 3.8) is 0 Å². The Hall–Kier alpha value is -4.55. The average Bonchev–Trinajstić information content (AvgIpc) is 3.08. The second-order valence-electron chi connectivity index (χ2n) is 10.8. The molecule has 0 bridgehead atoms. The van der Waals surface area contributed by atoms with Crippen LogP contribution in [0.1, 0.15) is 0 Å². The van der Waals surface area contributed by atoms with E-state index in [1.807, 2.05) is 0 Å². The fourth-order valence-electron chi connectivity index (χ4n) is 6.59. The molecule has 0 aliphatic carbocycles. The molecule has 2 heteroatoms. The van der Waals surface area contributed by atoms with Crippen molar-refractivity contribution < 1.29 is 0 Å². The lowest BCUT2D eigenvalue weighted by Gasteiger charge is -2.24. The minimum Gasteiger partial charge on any atom is -0.0826 e. The third-order valence-corrected chi connectivity index (χ3v) is 13.5. The average molecular weight is 571 g/mol. The summed E-state index contributed by atoms with van der Waals surface area (Å²) >= 11 is 6.64. The minimum absolute atomic E-state index is 1.21. The summed E-state index contributed by atoms with van der Waals surface area (Å²) in [5.74, 6) is 0. The van der Waals surface area contributed by atoms with Crippen LogP contribution in [0, 0.1) is 0 Å². The summed E-state index contributed by atoms with van der Waals surface area (Å²) in [6.07, 6.45) is 0. The van der Waals surface area contributed by atoms with Gasteiger partial charge in [0.05, 0.1) is 0 Å². The molecule has 8 aromatic carbocycles. The second-order valence-corrected chi connectivity index (χ2v) is 15.2. The molecule has 0 radical (unpaired) electrons.